The average Bonchev–Trinajstić information content (AvgIpc) is 2.90. The maximum Gasteiger partial charge on any atom is 0.127 e. The molecule has 4 nitrogen and oxygen atoms in total. The van der Waals surface area contributed by atoms with Crippen molar-refractivity contribution in [1.82, 2.24) is 4.90 Å². The summed E-state index contributed by atoms with van der Waals surface area (Å²) in [6, 6.07) is 6.32. The number of fused-ring (bicyclic) bond motifs is 1. The van der Waals surface area contributed by atoms with Crippen LogP contribution in [0.1, 0.15) is 38.2 Å². The molecule has 0 radical (unpaired) electrons. The van der Waals surface area contributed by atoms with Gasteiger partial charge < -0.3 is 15.2 Å². The zero-order valence-electron chi connectivity index (χ0n) is 13.6. The van der Waals surface area contributed by atoms with Crippen molar-refractivity contribution >= 4 is 0 Å². The van der Waals surface area contributed by atoms with Crippen LogP contribution in [0.2, 0.25) is 0 Å². The molecule has 1 fully saturated rings. The van der Waals surface area contributed by atoms with Crippen molar-refractivity contribution in [3.05, 3.63) is 23.8 Å². The number of ether oxygens (including phenoxy) is 2. The summed E-state index contributed by atoms with van der Waals surface area (Å²) < 4.78 is 12.3. The van der Waals surface area contributed by atoms with Crippen LogP contribution in [0.5, 0.6) is 11.5 Å². The maximum absolute atomic E-state index is 6.44. The van der Waals surface area contributed by atoms with Gasteiger partial charge in [-0.25, -0.2) is 0 Å². The fraction of sp³-hybridized carbons (Fsp3) is 0.667. The molecule has 4 heteroatoms. The predicted octanol–water partition coefficient (Wildman–Crippen LogP) is 2.59. The van der Waals surface area contributed by atoms with Crippen LogP contribution in [0.4, 0.5) is 0 Å². The van der Waals surface area contributed by atoms with Gasteiger partial charge in [-0.2, -0.15) is 0 Å². The first-order valence-corrected chi connectivity index (χ1v) is 8.62. The van der Waals surface area contributed by atoms with Gasteiger partial charge in [-0.15, -0.1) is 0 Å². The van der Waals surface area contributed by atoms with E-state index >= 15 is 0 Å². The van der Waals surface area contributed by atoms with Crippen molar-refractivity contribution in [2.75, 3.05) is 32.8 Å². The van der Waals surface area contributed by atoms with E-state index < -0.39 is 0 Å². The number of unbranched alkanes of at least 4 members (excludes halogenated alkanes) is 1. The highest BCUT2D eigenvalue weighted by molar-refractivity contribution is 5.43. The maximum atomic E-state index is 6.44. The van der Waals surface area contributed by atoms with E-state index in [1.807, 2.05) is 0 Å². The predicted molar refractivity (Wildman–Crippen MR) is 88.6 cm³/mol. The summed E-state index contributed by atoms with van der Waals surface area (Å²) >= 11 is 0. The monoisotopic (exact) mass is 304 g/mol. The van der Waals surface area contributed by atoms with Crippen molar-refractivity contribution in [3.63, 3.8) is 0 Å². The van der Waals surface area contributed by atoms with E-state index in [0.717, 1.165) is 76.4 Å². The Labute approximate surface area is 133 Å². The Bertz CT molecular complexity index is 506. The normalized spacial score (nSPS) is 24.3. The number of benzene rings is 1. The molecule has 2 aliphatic heterocycles. The third-order valence-corrected chi connectivity index (χ3v) is 4.82. The van der Waals surface area contributed by atoms with E-state index in [1.54, 1.807) is 0 Å². The van der Waals surface area contributed by atoms with Crippen LogP contribution in [-0.4, -0.2) is 43.3 Å². The smallest absolute Gasteiger partial charge is 0.127 e. The highest BCUT2D eigenvalue weighted by Crippen LogP contribution is 2.40. The Morgan fingerprint density at radius 1 is 1.36 bits per heavy atom. The summed E-state index contributed by atoms with van der Waals surface area (Å²) in [6.07, 6.45) is 5.56. The van der Waals surface area contributed by atoms with Crippen LogP contribution in [0, 0.1) is 0 Å². The lowest BCUT2D eigenvalue weighted by Gasteiger charge is -2.36. The fourth-order valence-electron chi connectivity index (χ4n) is 3.50. The summed E-state index contributed by atoms with van der Waals surface area (Å²) in [6.45, 7) is 6.75. The SMILES string of the molecule is CCCCOc1ccc2c(c1)OC1(CC2)CCN(CCN)C1. The second kappa shape index (κ2) is 6.88. The summed E-state index contributed by atoms with van der Waals surface area (Å²) in [7, 11) is 0. The van der Waals surface area contributed by atoms with E-state index in [4.69, 9.17) is 15.2 Å². The van der Waals surface area contributed by atoms with Gasteiger partial charge in [0.2, 0.25) is 0 Å². The summed E-state index contributed by atoms with van der Waals surface area (Å²) in [5, 5.41) is 0. The second-order valence-corrected chi connectivity index (χ2v) is 6.57. The Morgan fingerprint density at radius 2 is 2.27 bits per heavy atom. The quantitative estimate of drug-likeness (QED) is 0.821. The molecule has 0 aromatic heterocycles. The molecule has 1 saturated heterocycles. The number of hydrogen-bond acceptors (Lipinski definition) is 4. The van der Waals surface area contributed by atoms with Crippen molar-refractivity contribution in [3.8, 4) is 11.5 Å². The lowest BCUT2D eigenvalue weighted by atomic mass is 9.90. The molecule has 2 heterocycles. The minimum absolute atomic E-state index is 0.00971. The number of likely N-dealkylation sites (tertiary alicyclic amines) is 1. The molecular weight excluding hydrogens is 276 g/mol. The van der Waals surface area contributed by atoms with E-state index in [2.05, 4.69) is 30.0 Å². The highest BCUT2D eigenvalue weighted by atomic mass is 16.5. The van der Waals surface area contributed by atoms with Crippen LogP contribution in [0.25, 0.3) is 0 Å². The second-order valence-electron chi connectivity index (χ2n) is 6.57. The topological polar surface area (TPSA) is 47.7 Å². The molecule has 1 unspecified atom stereocenters. The van der Waals surface area contributed by atoms with E-state index in [0.29, 0.717) is 0 Å². The van der Waals surface area contributed by atoms with Crippen LogP contribution in [0.15, 0.2) is 18.2 Å². The number of nitrogens with two attached hydrogens (primary N) is 1. The number of rotatable bonds is 6. The zero-order chi connectivity index (χ0) is 15.4. The van der Waals surface area contributed by atoms with Gasteiger partial charge in [-0.05, 0) is 30.9 Å². The highest BCUT2D eigenvalue weighted by Gasteiger charge is 2.42. The molecule has 1 aromatic rings. The molecular formula is C18H28N2O2. The summed E-state index contributed by atoms with van der Waals surface area (Å²) in [5.41, 5.74) is 6.98. The summed E-state index contributed by atoms with van der Waals surface area (Å²) in [5.74, 6) is 1.95. The first kappa shape index (κ1) is 15.6. The van der Waals surface area contributed by atoms with Crippen molar-refractivity contribution in [1.29, 1.82) is 0 Å². The van der Waals surface area contributed by atoms with Gasteiger partial charge in [0.05, 0.1) is 6.61 Å². The molecule has 122 valence electrons. The van der Waals surface area contributed by atoms with E-state index in [-0.39, 0.29) is 5.60 Å². The van der Waals surface area contributed by atoms with Crippen LogP contribution < -0.4 is 15.2 Å². The molecule has 22 heavy (non-hydrogen) atoms. The Balaban J connectivity index is 1.67. The Morgan fingerprint density at radius 3 is 3.09 bits per heavy atom. The molecule has 0 saturated carbocycles. The van der Waals surface area contributed by atoms with Gasteiger partial charge in [0, 0.05) is 38.7 Å². The third kappa shape index (κ3) is 3.39. The molecule has 1 spiro atoms. The first-order valence-electron chi connectivity index (χ1n) is 8.62. The van der Waals surface area contributed by atoms with Crippen LogP contribution in [0.3, 0.4) is 0 Å². The zero-order valence-corrected chi connectivity index (χ0v) is 13.6. The molecule has 1 atom stereocenters. The summed E-state index contributed by atoms with van der Waals surface area (Å²) in [4.78, 5) is 2.42. The molecule has 0 aliphatic carbocycles. The first-order chi connectivity index (χ1) is 10.7. The average molecular weight is 304 g/mol. The van der Waals surface area contributed by atoms with Crippen LogP contribution in [-0.2, 0) is 6.42 Å². The number of aryl methyl sites for hydroxylation is 1. The van der Waals surface area contributed by atoms with Crippen molar-refractivity contribution in [2.24, 2.45) is 5.73 Å². The van der Waals surface area contributed by atoms with Gasteiger partial charge in [-0.3, -0.25) is 4.90 Å². The molecule has 0 bridgehead atoms. The van der Waals surface area contributed by atoms with Crippen LogP contribution >= 0.6 is 0 Å². The Kier molecular flexibility index (Phi) is 4.89. The largest absolute Gasteiger partial charge is 0.493 e. The van der Waals surface area contributed by atoms with Gasteiger partial charge in [0.25, 0.3) is 0 Å². The molecule has 1 aromatic carbocycles. The van der Waals surface area contributed by atoms with E-state index in [1.165, 1.54) is 5.56 Å². The van der Waals surface area contributed by atoms with Gasteiger partial charge in [0.15, 0.2) is 0 Å². The van der Waals surface area contributed by atoms with E-state index in [9.17, 15) is 0 Å². The molecule has 3 rings (SSSR count). The third-order valence-electron chi connectivity index (χ3n) is 4.82. The van der Waals surface area contributed by atoms with Gasteiger partial charge in [0.1, 0.15) is 17.1 Å². The lowest BCUT2D eigenvalue weighted by Crippen LogP contribution is -2.43. The lowest BCUT2D eigenvalue weighted by molar-refractivity contribution is 0.0545. The van der Waals surface area contributed by atoms with Gasteiger partial charge >= 0.3 is 0 Å². The number of hydrogen-bond donors (Lipinski definition) is 1. The van der Waals surface area contributed by atoms with Gasteiger partial charge in [-0.1, -0.05) is 19.4 Å². The fourth-order valence-corrected chi connectivity index (χ4v) is 3.50. The standard InChI is InChI=1S/C18H28N2O2/c1-2-3-12-21-16-5-4-15-6-7-18(22-17(15)13-16)8-10-20(14-18)11-9-19/h4-5,13H,2-3,6-12,14,19H2,1H3. The van der Waals surface area contributed by atoms with Crippen molar-refractivity contribution in [2.45, 2.75) is 44.6 Å². The minimum Gasteiger partial charge on any atom is -0.493 e. The van der Waals surface area contributed by atoms with Crippen molar-refractivity contribution < 1.29 is 9.47 Å². The molecule has 2 N–H and O–H groups in total. The molecule has 2 aliphatic rings. The molecule has 0 amide bonds. The minimum atomic E-state index is -0.00971. The Hall–Kier alpha value is -1.26. The number of nitrogens with zero attached hydrogens (tertiary/aromatic N) is 1.